The Kier molecular flexibility index (Phi) is 4.99. The van der Waals surface area contributed by atoms with Crippen LogP contribution in [0.25, 0.3) is 0 Å². The highest BCUT2D eigenvalue weighted by Gasteiger charge is 2.26. The van der Waals surface area contributed by atoms with Gasteiger partial charge in [0.25, 0.3) is 0 Å². The maximum Gasteiger partial charge on any atom is 0.389 e. The van der Waals surface area contributed by atoms with Crippen molar-refractivity contribution in [1.29, 1.82) is 0 Å². The van der Waals surface area contributed by atoms with Crippen LogP contribution in [0.2, 0.25) is 0 Å². The molecule has 17 heavy (non-hydrogen) atoms. The van der Waals surface area contributed by atoms with Gasteiger partial charge in [-0.1, -0.05) is 0 Å². The minimum Gasteiger partial charge on any atom is -0.463 e. The topological polar surface area (TPSA) is 35.0 Å². The maximum atomic E-state index is 11.8. The average Bonchev–Trinajstić information content (AvgIpc) is 2.23. The number of nitrogens with zero attached hydrogens (tertiary/aromatic N) is 2. The molecule has 0 N–H and O–H groups in total. The van der Waals surface area contributed by atoms with Crippen LogP contribution in [0.15, 0.2) is 6.20 Å². The van der Waals surface area contributed by atoms with E-state index in [0.29, 0.717) is 11.6 Å². The summed E-state index contributed by atoms with van der Waals surface area (Å²) in [6, 6.07) is 0.0820. The zero-order valence-corrected chi connectivity index (χ0v) is 9.98. The second kappa shape index (κ2) is 6.05. The van der Waals surface area contributed by atoms with Crippen LogP contribution in [0.5, 0.6) is 6.01 Å². The molecule has 0 unspecified atom stereocenters. The predicted octanol–water partition coefficient (Wildman–Crippen LogP) is 3.25. The monoisotopic (exact) mass is 268 g/mol. The van der Waals surface area contributed by atoms with Gasteiger partial charge in [-0.25, -0.2) is 9.97 Å². The van der Waals surface area contributed by atoms with Gasteiger partial charge in [0, 0.05) is 23.9 Å². The van der Waals surface area contributed by atoms with Crippen molar-refractivity contribution in [2.75, 3.05) is 6.61 Å². The Labute approximate surface area is 102 Å². The minimum absolute atomic E-state index is 0.0564. The Morgan fingerprint density at radius 3 is 2.65 bits per heavy atom. The Balaban J connectivity index is 2.40. The highest BCUT2D eigenvalue weighted by molar-refractivity contribution is 6.17. The molecule has 0 radical (unpaired) electrons. The fourth-order valence-electron chi connectivity index (χ4n) is 1.11. The van der Waals surface area contributed by atoms with Crippen molar-refractivity contribution in [2.24, 2.45) is 0 Å². The van der Waals surface area contributed by atoms with E-state index in [1.807, 2.05) is 0 Å². The van der Waals surface area contributed by atoms with Gasteiger partial charge in [-0.15, -0.1) is 11.6 Å². The molecule has 7 heteroatoms. The summed E-state index contributed by atoms with van der Waals surface area (Å²) in [4.78, 5) is 7.82. The Hall–Kier alpha value is -1.04. The van der Waals surface area contributed by atoms with Crippen LogP contribution in [0.3, 0.4) is 0 Å². The summed E-state index contributed by atoms with van der Waals surface area (Å²) < 4.78 is 40.5. The van der Waals surface area contributed by atoms with E-state index in [0.717, 1.165) is 5.56 Å². The third-order valence-corrected chi connectivity index (χ3v) is 2.33. The van der Waals surface area contributed by atoms with Gasteiger partial charge in [0.1, 0.15) is 0 Å². The molecule has 1 aromatic heterocycles. The van der Waals surface area contributed by atoms with Crippen molar-refractivity contribution in [3.63, 3.8) is 0 Å². The highest BCUT2D eigenvalue weighted by Crippen LogP contribution is 2.21. The number of rotatable bonds is 5. The normalized spacial score (nSPS) is 11.6. The van der Waals surface area contributed by atoms with Gasteiger partial charge < -0.3 is 4.74 Å². The lowest BCUT2D eigenvalue weighted by atomic mass is 10.3. The van der Waals surface area contributed by atoms with E-state index in [4.69, 9.17) is 16.3 Å². The Morgan fingerprint density at radius 2 is 2.12 bits per heavy atom. The second-order valence-electron chi connectivity index (χ2n) is 3.46. The van der Waals surface area contributed by atoms with Gasteiger partial charge in [-0.2, -0.15) is 13.2 Å². The summed E-state index contributed by atoms with van der Waals surface area (Å²) in [6.45, 7) is 1.68. The molecule has 1 heterocycles. The maximum absolute atomic E-state index is 11.8. The van der Waals surface area contributed by atoms with E-state index in [9.17, 15) is 13.2 Å². The molecular weight excluding hydrogens is 257 g/mol. The summed E-state index contributed by atoms with van der Waals surface area (Å²) in [7, 11) is 0. The molecule has 0 bridgehead atoms. The zero-order valence-electron chi connectivity index (χ0n) is 9.22. The van der Waals surface area contributed by atoms with Gasteiger partial charge in [0.05, 0.1) is 12.5 Å². The smallest absolute Gasteiger partial charge is 0.389 e. The van der Waals surface area contributed by atoms with E-state index in [2.05, 4.69) is 9.97 Å². The number of alkyl halides is 4. The summed E-state index contributed by atoms with van der Waals surface area (Å²) in [5, 5.41) is 0. The molecular formula is C10H12ClF3N2O. The van der Waals surface area contributed by atoms with Crippen molar-refractivity contribution in [1.82, 2.24) is 9.97 Å². The van der Waals surface area contributed by atoms with Gasteiger partial charge in [0.15, 0.2) is 0 Å². The van der Waals surface area contributed by atoms with Crippen LogP contribution in [0, 0.1) is 6.92 Å². The Bertz CT molecular complexity index is 371. The first-order valence-electron chi connectivity index (χ1n) is 5.00. The van der Waals surface area contributed by atoms with Gasteiger partial charge in [-0.05, 0) is 13.3 Å². The minimum atomic E-state index is -4.15. The summed E-state index contributed by atoms with van der Waals surface area (Å²) in [6.07, 6.45) is -3.62. The Morgan fingerprint density at radius 1 is 1.41 bits per heavy atom. The van der Waals surface area contributed by atoms with Crippen molar-refractivity contribution >= 4 is 11.6 Å². The molecule has 3 nitrogen and oxygen atoms in total. The number of aryl methyl sites for hydroxylation is 1. The SMILES string of the molecule is Cc1nc(OCCCC(F)(F)F)ncc1CCl. The number of halogens is 4. The summed E-state index contributed by atoms with van der Waals surface area (Å²) >= 11 is 5.62. The van der Waals surface area contributed by atoms with Crippen LogP contribution in [-0.2, 0) is 5.88 Å². The van der Waals surface area contributed by atoms with Crippen LogP contribution >= 0.6 is 11.6 Å². The first-order chi connectivity index (χ1) is 7.92. The summed E-state index contributed by atoms with van der Waals surface area (Å²) in [5.41, 5.74) is 1.44. The molecule has 0 aliphatic heterocycles. The highest BCUT2D eigenvalue weighted by atomic mass is 35.5. The second-order valence-corrected chi connectivity index (χ2v) is 3.73. The predicted molar refractivity (Wildman–Crippen MR) is 57.1 cm³/mol. The number of hydrogen-bond acceptors (Lipinski definition) is 3. The van der Waals surface area contributed by atoms with Gasteiger partial charge >= 0.3 is 12.2 Å². The van der Waals surface area contributed by atoms with Crippen molar-refractivity contribution in [2.45, 2.75) is 31.8 Å². The van der Waals surface area contributed by atoms with Crippen molar-refractivity contribution in [3.8, 4) is 6.01 Å². The van der Waals surface area contributed by atoms with Crippen molar-refractivity contribution in [3.05, 3.63) is 17.5 Å². The third-order valence-electron chi connectivity index (χ3n) is 2.04. The number of hydrogen-bond donors (Lipinski definition) is 0. The van der Waals surface area contributed by atoms with Crippen molar-refractivity contribution < 1.29 is 17.9 Å². The molecule has 0 fully saturated rings. The first kappa shape index (κ1) is 14.0. The lowest BCUT2D eigenvalue weighted by Crippen LogP contribution is -2.10. The molecule has 0 aliphatic carbocycles. The molecule has 0 saturated carbocycles. The van der Waals surface area contributed by atoms with Crippen LogP contribution in [0.1, 0.15) is 24.1 Å². The average molecular weight is 269 g/mol. The molecule has 0 amide bonds. The largest absolute Gasteiger partial charge is 0.463 e. The lowest BCUT2D eigenvalue weighted by molar-refractivity contribution is -0.136. The summed E-state index contributed by atoms with van der Waals surface area (Å²) in [5.74, 6) is 0.292. The third kappa shape index (κ3) is 5.21. The molecule has 0 aromatic carbocycles. The molecule has 1 rings (SSSR count). The fraction of sp³-hybridized carbons (Fsp3) is 0.600. The molecule has 0 saturated heterocycles. The molecule has 0 aliphatic rings. The van der Waals surface area contributed by atoms with Crippen LogP contribution in [0.4, 0.5) is 13.2 Å². The van der Waals surface area contributed by atoms with Crippen LogP contribution in [-0.4, -0.2) is 22.8 Å². The number of aromatic nitrogens is 2. The van der Waals surface area contributed by atoms with E-state index < -0.39 is 12.6 Å². The molecule has 96 valence electrons. The first-order valence-corrected chi connectivity index (χ1v) is 5.54. The fourth-order valence-corrected chi connectivity index (χ4v) is 1.37. The van der Waals surface area contributed by atoms with E-state index in [-0.39, 0.29) is 19.0 Å². The van der Waals surface area contributed by atoms with Gasteiger partial charge in [0.2, 0.25) is 0 Å². The lowest BCUT2D eigenvalue weighted by Gasteiger charge is -2.08. The zero-order chi connectivity index (χ0) is 12.9. The van der Waals surface area contributed by atoms with Crippen LogP contribution < -0.4 is 4.74 Å². The van der Waals surface area contributed by atoms with E-state index in [1.165, 1.54) is 6.20 Å². The van der Waals surface area contributed by atoms with E-state index in [1.54, 1.807) is 6.92 Å². The standard InChI is InChI=1S/C10H12ClF3N2O/c1-7-8(5-11)6-15-9(16-7)17-4-2-3-10(12,13)14/h6H,2-5H2,1H3. The number of ether oxygens (including phenoxy) is 1. The molecule has 1 aromatic rings. The van der Waals surface area contributed by atoms with E-state index >= 15 is 0 Å². The quantitative estimate of drug-likeness (QED) is 0.607. The van der Waals surface area contributed by atoms with Gasteiger partial charge in [-0.3, -0.25) is 0 Å². The molecule has 0 spiro atoms. The molecule has 0 atom stereocenters.